The Bertz CT molecular complexity index is 270. The van der Waals surface area contributed by atoms with Crippen LogP contribution in [0, 0.1) is 5.92 Å². The van der Waals surface area contributed by atoms with E-state index < -0.39 is 0 Å². The Hall–Kier alpha value is 0.230. The molecule has 3 fully saturated rings. The van der Waals surface area contributed by atoms with Crippen LogP contribution in [0.1, 0.15) is 38.5 Å². The van der Waals surface area contributed by atoms with Gasteiger partial charge in [-0.2, -0.15) is 11.8 Å². The van der Waals surface area contributed by atoms with Crippen LogP contribution in [0.25, 0.3) is 0 Å². The van der Waals surface area contributed by atoms with E-state index in [0.29, 0.717) is 6.04 Å². The van der Waals surface area contributed by atoms with E-state index in [2.05, 4.69) is 17.1 Å². The van der Waals surface area contributed by atoms with Crippen molar-refractivity contribution in [3.05, 3.63) is 0 Å². The molecule has 1 unspecified atom stereocenters. The lowest BCUT2D eigenvalue weighted by Gasteiger charge is -2.43. The van der Waals surface area contributed by atoms with Crippen molar-refractivity contribution in [1.29, 1.82) is 0 Å². The Morgan fingerprint density at radius 2 is 1.84 bits per heavy atom. The second-order valence-corrected chi connectivity index (χ2v) is 7.52. The molecule has 0 aromatic heterocycles. The normalized spacial score (nSPS) is 32.5. The van der Waals surface area contributed by atoms with E-state index in [9.17, 15) is 0 Å². The maximum atomic E-state index is 6.11. The third kappa shape index (κ3) is 3.87. The Morgan fingerprint density at radius 3 is 2.63 bits per heavy atom. The lowest BCUT2D eigenvalue weighted by molar-refractivity contribution is -0.140. The lowest BCUT2D eigenvalue weighted by Crippen LogP contribution is -2.50. The number of hydrogen-bond acceptors (Lipinski definition) is 4. The van der Waals surface area contributed by atoms with Gasteiger partial charge < -0.3 is 14.8 Å². The van der Waals surface area contributed by atoms with Crippen molar-refractivity contribution < 1.29 is 9.47 Å². The van der Waals surface area contributed by atoms with E-state index >= 15 is 0 Å². The van der Waals surface area contributed by atoms with Crippen LogP contribution in [0.3, 0.4) is 0 Å². The van der Waals surface area contributed by atoms with Gasteiger partial charge in [-0.15, -0.1) is 0 Å². The van der Waals surface area contributed by atoms with Gasteiger partial charge in [0, 0.05) is 25.9 Å². The smallest absolute Gasteiger partial charge is 0.0741 e. The molecule has 0 aromatic rings. The van der Waals surface area contributed by atoms with E-state index in [-0.39, 0.29) is 5.60 Å². The fourth-order valence-corrected chi connectivity index (χ4v) is 4.78. The quantitative estimate of drug-likeness (QED) is 0.863. The number of hydrogen-bond donors (Lipinski definition) is 1. The zero-order valence-electron chi connectivity index (χ0n) is 11.9. The molecule has 0 aromatic carbocycles. The fourth-order valence-electron chi connectivity index (χ4n) is 3.58. The van der Waals surface area contributed by atoms with Crippen molar-refractivity contribution in [3.63, 3.8) is 0 Å². The minimum Gasteiger partial charge on any atom is -0.381 e. The fraction of sp³-hybridized carbons (Fsp3) is 1.00. The van der Waals surface area contributed by atoms with Gasteiger partial charge in [-0.3, -0.25) is 0 Å². The maximum Gasteiger partial charge on any atom is 0.0741 e. The molecule has 1 atom stereocenters. The number of thioether (sulfide) groups is 1. The molecule has 110 valence electrons. The predicted octanol–water partition coefficient (Wildman–Crippen LogP) is 2.45. The molecule has 3 saturated heterocycles. The summed E-state index contributed by atoms with van der Waals surface area (Å²) in [5.41, 5.74) is 0.135. The summed E-state index contributed by atoms with van der Waals surface area (Å²) < 4.78 is 11.6. The average molecular weight is 285 g/mol. The molecule has 1 spiro atoms. The van der Waals surface area contributed by atoms with Gasteiger partial charge in [0.05, 0.1) is 5.60 Å². The van der Waals surface area contributed by atoms with Gasteiger partial charge in [0.15, 0.2) is 0 Å². The van der Waals surface area contributed by atoms with Crippen LogP contribution in [0.2, 0.25) is 0 Å². The summed E-state index contributed by atoms with van der Waals surface area (Å²) in [6.45, 7) is 3.91. The van der Waals surface area contributed by atoms with Gasteiger partial charge in [0.1, 0.15) is 0 Å². The number of ether oxygens (including phenoxy) is 2. The van der Waals surface area contributed by atoms with Gasteiger partial charge in [-0.05, 0) is 62.5 Å². The topological polar surface area (TPSA) is 30.5 Å². The minimum atomic E-state index is 0.135. The van der Waals surface area contributed by atoms with Gasteiger partial charge in [-0.1, -0.05) is 0 Å². The first-order chi connectivity index (χ1) is 9.36. The number of nitrogens with one attached hydrogen (secondary N) is 1. The summed E-state index contributed by atoms with van der Waals surface area (Å²) in [6, 6.07) is 0.668. The Kier molecular flexibility index (Phi) is 5.07. The zero-order valence-corrected chi connectivity index (χ0v) is 12.7. The Balaban J connectivity index is 1.45. The first kappa shape index (κ1) is 14.2. The highest BCUT2D eigenvalue weighted by Gasteiger charge is 2.38. The van der Waals surface area contributed by atoms with Crippen molar-refractivity contribution in [2.75, 3.05) is 37.9 Å². The van der Waals surface area contributed by atoms with E-state index in [4.69, 9.17) is 9.47 Å². The van der Waals surface area contributed by atoms with Crippen molar-refractivity contribution in [3.8, 4) is 0 Å². The first-order valence-corrected chi connectivity index (χ1v) is 9.05. The van der Waals surface area contributed by atoms with Crippen molar-refractivity contribution in [1.82, 2.24) is 5.32 Å². The molecule has 0 radical (unpaired) electrons. The molecule has 1 N–H and O–H groups in total. The summed E-state index contributed by atoms with van der Waals surface area (Å²) in [5, 5.41) is 3.83. The van der Waals surface area contributed by atoms with E-state index in [1.165, 1.54) is 43.7 Å². The molecule has 3 nitrogen and oxygen atoms in total. The Labute approximate surface area is 121 Å². The standard InChI is InChI=1S/C15H27NO2S/c1-6-18-15(4-7-17-8-5-15)11-14(1)16-12-13-2-9-19-10-3-13/h13-14,16H,1-12H2. The van der Waals surface area contributed by atoms with Crippen LogP contribution in [0.5, 0.6) is 0 Å². The molecule has 0 aliphatic carbocycles. The molecule has 3 aliphatic heterocycles. The van der Waals surface area contributed by atoms with Crippen LogP contribution in [0.15, 0.2) is 0 Å². The van der Waals surface area contributed by atoms with Crippen LogP contribution < -0.4 is 5.32 Å². The molecule has 0 bridgehead atoms. The molecule has 3 heterocycles. The summed E-state index contributed by atoms with van der Waals surface area (Å²) in [7, 11) is 0. The third-order valence-electron chi connectivity index (χ3n) is 4.93. The average Bonchev–Trinajstić information content (AvgIpc) is 2.47. The minimum absolute atomic E-state index is 0.135. The summed E-state index contributed by atoms with van der Waals surface area (Å²) in [6.07, 6.45) is 7.36. The molecule has 3 rings (SSSR count). The van der Waals surface area contributed by atoms with Crippen LogP contribution >= 0.6 is 11.8 Å². The number of rotatable bonds is 3. The molecule has 0 amide bonds. The molecule has 3 aliphatic rings. The van der Waals surface area contributed by atoms with Gasteiger partial charge in [-0.25, -0.2) is 0 Å². The molecule has 19 heavy (non-hydrogen) atoms. The summed E-state index contributed by atoms with van der Waals surface area (Å²) >= 11 is 2.12. The first-order valence-electron chi connectivity index (χ1n) is 7.89. The van der Waals surface area contributed by atoms with Gasteiger partial charge >= 0.3 is 0 Å². The lowest BCUT2D eigenvalue weighted by atomic mass is 9.84. The SMILES string of the molecule is C1CC2(CCO1)CC(NCC1CCSCC1)CCO2. The second-order valence-electron chi connectivity index (χ2n) is 6.30. The van der Waals surface area contributed by atoms with E-state index in [1.54, 1.807) is 0 Å². The summed E-state index contributed by atoms with van der Waals surface area (Å²) in [4.78, 5) is 0. The largest absolute Gasteiger partial charge is 0.381 e. The highest BCUT2D eigenvalue weighted by Crippen LogP contribution is 2.34. The van der Waals surface area contributed by atoms with Gasteiger partial charge in [0.2, 0.25) is 0 Å². The van der Waals surface area contributed by atoms with Crippen molar-refractivity contribution >= 4 is 11.8 Å². The highest BCUT2D eigenvalue weighted by molar-refractivity contribution is 7.99. The Morgan fingerprint density at radius 1 is 1.05 bits per heavy atom. The zero-order chi connectivity index (χ0) is 13.0. The van der Waals surface area contributed by atoms with Crippen LogP contribution in [0.4, 0.5) is 0 Å². The monoisotopic (exact) mass is 285 g/mol. The predicted molar refractivity (Wildman–Crippen MR) is 79.8 cm³/mol. The van der Waals surface area contributed by atoms with E-state index in [1.807, 2.05) is 0 Å². The third-order valence-corrected chi connectivity index (χ3v) is 5.98. The van der Waals surface area contributed by atoms with Crippen LogP contribution in [-0.4, -0.2) is 49.5 Å². The maximum absolute atomic E-state index is 6.11. The molecule has 4 heteroatoms. The van der Waals surface area contributed by atoms with Gasteiger partial charge in [0.25, 0.3) is 0 Å². The van der Waals surface area contributed by atoms with E-state index in [0.717, 1.165) is 38.6 Å². The van der Waals surface area contributed by atoms with Crippen molar-refractivity contribution in [2.24, 2.45) is 5.92 Å². The van der Waals surface area contributed by atoms with Crippen molar-refractivity contribution in [2.45, 2.75) is 50.2 Å². The molecule has 0 saturated carbocycles. The molecular formula is C15H27NO2S. The highest BCUT2D eigenvalue weighted by atomic mass is 32.2. The molecular weight excluding hydrogens is 258 g/mol. The second kappa shape index (κ2) is 6.79. The summed E-state index contributed by atoms with van der Waals surface area (Å²) in [5.74, 6) is 3.64. The van der Waals surface area contributed by atoms with Crippen LogP contribution in [-0.2, 0) is 9.47 Å².